The molecule has 194 valence electrons. The van der Waals surface area contributed by atoms with Crippen LogP contribution in [0.5, 0.6) is 5.75 Å². The molecule has 3 aromatic carbocycles. The molecule has 10 heteroatoms. The Kier molecular flexibility index (Phi) is 8.12. The molecule has 1 fully saturated rings. The van der Waals surface area contributed by atoms with E-state index >= 15 is 0 Å². The first-order valence-corrected chi connectivity index (χ1v) is 12.2. The molecule has 0 radical (unpaired) electrons. The minimum absolute atomic E-state index is 0.000854. The number of nitrogens with zero attached hydrogens (tertiary/aromatic N) is 3. The highest BCUT2D eigenvalue weighted by Gasteiger charge is 2.40. The Balaban J connectivity index is 1.55. The van der Waals surface area contributed by atoms with Gasteiger partial charge in [0.05, 0.1) is 17.7 Å². The first kappa shape index (κ1) is 26.5. The van der Waals surface area contributed by atoms with Gasteiger partial charge in [-0.2, -0.15) is 0 Å². The number of methoxy groups -OCH3 is 1. The fourth-order valence-corrected chi connectivity index (χ4v) is 4.23. The van der Waals surface area contributed by atoms with E-state index in [4.69, 9.17) is 21.7 Å². The van der Waals surface area contributed by atoms with Crippen LogP contribution >= 0.6 is 12.2 Å². The molecule has 1 heterocycles. The number of non-ortho nitro benzene ring substituents is 1. The molecule has 1 amide bonds. The highest BCUT2D eigenvalue weighted by Crippen LogP contribution is 2.30. The summed E-state index contributed by atoms with van der Waals surface area (Å²) in [4.78, 5) is 38.9. The Hall–Kier alpha value is -4.57. The summed E-state index contributed by atoms with van der Waals surface area (Å²) in [6.45, 7) is 2.00. The standard InChI is InChI=1S/C28H25N3O6S/c1-3-19-7-11-22(12-8-19)30-27(33)25(29(28(30)38)17-26(32)36-2)16-20-9-13-24(14-10-20)37-18-21-5-4-6-23(15-21)31(34)35/h4-16H,3,17-18H2,1-2H3/b25-16-. The first-order chi connectivity index (χ1) is 18.3. The number of rotatable bonds is 9. The molecule has 0 saturated carbocycles. The molecule has 0 aromatic heterocycles. The summed E-state index contributed by atoms with van der Waals surface area (Å²) in [6.07, 6.45) is 2.52. The average Bonchev–Trinajstić information content (AvgIpc) is 3.16. The third kappa shape index (κ3) is 5.87. The molecule has 1 saturated heterocycles. The maximum Gasteiger partial charge on any atom is 0.325 e. The summed E-state index contributed by atoms with van der Waals surface area (Å²) >= 11 is 5.59. The van der Waals surface area contributed by atoms with E-state index in [1.165, 1.54) is 29.0 Å². The highest BCUT2D eigenvalue weighted by molar-refractivity contribution is 7.80. The van der Waals surface area contributed by atoms with E-state index in [1.807, 2.05) is 31.2 Å². The smallest absolute Gasteiger partial charge is 0.325 e. The molecule has 0 bridgehead atoms. The summed E-state index contributed by atoms with van der Waals surface area (Å²) in [7, 11) is 1.28. The van der Waals surface area contributed by atoms with Gasteiger partial charge in [-0.05, 0) is 65.7 Å². The molecular formula is C28H25N3O6S. The van der Waals surface area contributed by atoms with Crippen LogP contribution in [-0.2, 0) is 27.4 Å². The molecule has 0 spiro atoms. The van der Waals surface area contributed by atoms with Crippen LogP contribution in [0.4, 0.5) is 11.4 Å². The van der Waals surface area contributed by atoms with E-state index in [-0.39, 0.29) is 35.6 Å². The van der Waals surface area contributed by atoms with Gasteiger partial charge in [-0.15, -0.1) is 0 Å². The van der Waals surface area contributed by atoms with Gasteiger partial charge in [0.15, 0.2) is 5.11 Å². The number of thiocarbonyl (C=S) groups is 1. The van der Waals surface area contributed by atoms with Crippen molar-refractivity contribution >= 4 is 46.7 Å². The lowest BCUT2D eigenvalue weighted by Gasteiger charge is -2.19. The van der Waals surface area contributed by atoms with Crippen molar-refractivity contribution in [3.8, 4) is 5.75 Å². The summed E-state index contributed by atoms with van der Waals surface area (Å²) in [5.41, 5.74) is 3.34. The van der Waals surface area contributed by atoms with E-state index in [0.29, 0.717) is 22.6 Å². The molecule has 4 rings (SSSR count). The number of nitro groups is 1. The number of hydrogen-bond acceptors (Lipinski definition) is 7. The third-order valence-electron chi connectivity index (χ3n) is 5.96. The lowest BCUT2D eigenvalue weighted by Crippen LogP contribution is -2.35. The Labute approximate surface area is 225 Å². The number of carbonyl (C=O) groups excluding carboxylic acids is 2. The van der Waals surface area contributed by atoms with E-state index < -0.39 is 10.9 Å². The second-order valence-corrected chi connectivity index (χ2v) is 8.78. The van der Waals surface area contributed by atoms with Crippen molar-refractivity contribution in [3.05, 3.63) is 105 Å². The van der Waals surface area contributed by atoms with E-state index in [9.17, 15) is 19.7 Å². The SMILES string of the molecule is CCc1ccc(N2C(=O)/C(=C/c3ccc(OCc4cccc([N+](=O)[O-])c4)cc3)N(CC(=O)OC)C2=S)cc1. The van der Waals surface area contributed by atoms with Crippen LogP contribution in [0, 0.1) is 10.1 Å². The van der Waals surface area contributed by atoms with Crippen LogP contribution < -0.4 is 9.64 Å². The molecule has 1 aliphatic rings. The molecule has 1 aliphatic heterocycles. The van der Waals surface area contributed by atoms with Crippen LogP contribution in [-0.4, -0.2) is 40.5 Å². The van der Waals surface area contributed by atoms with Crippen molar-refractivity contribution in [3.63, 3.8) is 0 Å². The molecule has 0 atom stereocenters. The fraction of sp³-hybridized carbons (Fsp3) is 0.179. The van der Waals surface area contributed by atoms with Gasteiger partial charge in [-0.3, -0.25) is 24.6 Å². The molecule has 3 aromatic rings. The van der Waals surface area contributed by atoms with Crippen LogP contribution in [0.3, 0.4) is 0 Å². The maximum absolute atomic E-state index is 13.5. The summed E-state index contributed by atoms with van der Waals surface area (Å²) < 4.78 is 10.6. The van der Waals surface area contributed by atoms with Crippen LogP contribution in [0.15, 0.2) is 78.5 Å². The predicted octanol–water partition coefficient (Wildman–Crippen LogP) is 4.88. The number of anilines is 1. The predicted molar refractivity (Wildman–Crippen MR) is 146 cm³/mol. The molecule has 0 aliphatic carbocycles. The van der Waals surface area contributed by atoms with Gasteiger partial charge in [-0.25, -0.2) is 0 Å². The van der Waals surface area contributed by atoms with Gasteiger partial charge in [0.25, 0.3) is 11.6 Å². The van der Waals surface area contributed by atoms with Crippen molar-refractivity contribution in [1.82, 2.24) is 4.90 Å². The van der Waals surface area contributed by atoms with E-state index in [1.54, 1.807) is 42.5 Å². The quantitative estimate of drug-likeness (QED) is 0.127. The van der Waals surface area contributed by atoms with Gasteiger partial charge >= 0.3 is 5.97 Å². The number of hydrogen-bond donors (Lipinski definition) is 0. The lowest BCUT2D eigenvalue weighted by molar-refractivity contribution is -0.384. The fourth-order valence-electron chi connectivity index (χ4n) is 3.88. The van der Waals surface area contributed by atoms with Crippen molar-refractivity contribution in [1.29, 1.82) is 0 Å². The van der Waals surface area contributed by atoms with Crippen molar-refractivity contribution in [2.24, 2.45) is 0 Å². The second-order valence-electron chi connectivity index (χ2n) is 8.42. The third-order valence-corrected chi connectivity index (χ3v) is 6.37. The molecule has 38 heavy (non-hydrogen) atoms. The second kappa shape index (κ2) is 11.7. The number of ether oxygens (including phenoxy) is 2. The van der Waals surface area contributed by atoms with E-state index in [0.717, 1.165) is 12.0 Å². The Morgan fingerprint density at radius 3 is 2.39 bits per heavy atom. The number of amides is 1. The van der Waals surface area contributed by atoms with Gasteiger partial charge in [0, 0.05) is 12.1 Å². The summed E-state index contributed by atoms with van der Waals surface area (Å²) in [5.74, 6) is -0.329. The van der Waals surface area contributed by atoms with Gasteiger partial charge < -0.3 is 14.4 Å². The minimum Gasteiger partial charge on any atom is -0.489 e. The monoisotopic (exact) mass is 531 g/mol. The maximum atomic E-state index is 13.5. The van der Waals surface area contributed by atoms with Crippen molar-refractivity contribution < 1.29 is 24.0 Å². The first-order valence-electron chi connectivity index (χ1n) is 11.8. The Bertz CT molecular complexity index is 1400. The lowest BCUT2D eigenvalue weighted by atomic mass is 10.1. The number of esters is 1. The zero-order valence-corrected chi connectivity index (χ0v) is 21.6. The Morgan fingerprint density at radius 2 is 1.76 bits per heavy atom. The van der Waals surface area contributed by atoms with Crippen LogP contribution in [0.1, 0.15) is 23.6 Å². The van der Waals surface area contributed by atoms with Gasteiger partial charge in [0.2, 0.25) is 0 Å². The minimum atomic E-state index is -0.529. The average molecular weight is 532 g/mol. The van der Waals surface area contributed by atoms with Gasteiger partial charge in [0.1, 0.15) is 24.6 Å². The largest absolute Gasteiger partial charge is 0.489 e. The van der Waals surface area contributed by atoms with Crippen LogP contribution in [0.2, 0.25) is 0 Å². The van der Waals surface area contributed by atoms with E-state index in [2.05, 4.69) is 0 Å². The molecular weight excluding hydrogens is 506 g/mol. The Morgan fingerprint density at radius 1 is 1.05 bits per heavy atom. The number of aryl methyl sites for hydroxylation is 1. The summed E-state index contributed by atoms with van der Waals surface area (Å²) in [6, 6.07) is 20.8. The van der Waals surface area contributed by atoms with Crippen LogP contribution in [0.25, 0.3) is 6.08 Å². The normalized spacial score (nSPS) is 14.2. The van der Waals surface area contributed by atoms with Crippen molar-refractivity contribution in [2.45, 2.75) is 20.0 Å². The highest BCUT2D eigenvalue weighted by atomic mass is 32.1. The van der Waals surface area contributed by atoms with Crippen molar-refractivity contribution in [2.75, 3.05) is 18.6 Å². The molecule has 9 nitrogen and oxygen atoms in total. The zero-order chi connectivity index (χ0) is 27.2. The topological polar surface area (TPSA) is 102 Å². The number of carbonyl (C=O) groups is 2. The summed E-state index contributed by atoms with van der Waals surface area (Å²) in [5, 5.41) is 11.2. The van der Waals surface area contributed by atoms with Gasteiger partial charge in [-0.1, -0.05) is 43.3 Å². The number of nitro benzene ring substituents is 1. The molecule has 0 unspecified atom stereocenters. The molecule has 0 N–H and O–H groups in total. The zero-order valence-electron chi connectivity index (χ0n) is 20.8. The number of benzene rings is 3.